The molecule has 0 radical (unpaired) electrons. The number of hydrogen-bond acceptors (Lipinski definition) is 7. The molecule has 0 amide bonds. The van der Waals surface area contributed by atoms with E-state index in [9.17, 15) is 23.1 Å². The minimum atomic E-state index is -3.56. The smallest absolute Gasteiger partial charge is 0.871 e. The minimum absolute atomic E-state index is 0. The normalized spacial score (nSPS) is 22.3. The maximum Gasteiger partial charge on any atom is 1.00 e. The molecule has 0 atom stereocenters. The summed E-state index contributed by atoms with van der Waals surface area (Å²) in [5.74, 6) is -2.87. The average Bonchev–Trinajstić information content (AvgIpc) is 3.09. The SMILES string of the molecule is Cc1cc(C([O-])=C2C(=O)CCCC2=O)c(C)c2c1S(=O)(=O)CCC21OCCO1.[K+]. The van der Waals surface area contributed by atoms with Gasteiger partial charge in [0.05, 0.1) is 29.4 Å². The van der Waals surface area contributed by atoms with E-state index in [-0.39, 0.29) is 92.4 Å². The van der Waals surface area contributed by atoms with Crippen LogP contribution in [0.1, 0.15) is 47.9 Å². The second-order valence-corrected chi connectivity index (χ2v) is 9.54. The van der Waals surface area contributed by atoms with E-state index in [1.807, 2.05) is 0 Å². The molecule has 0 aromatic heterocycles. The third kappa shape index (κ3) is 3.74. The molecule has 2 heterocycles. The van der Waals surface area contributed by atoms with E-state index in [1.54, 1.807) is 13.8 Å². The van der Waals surface area contributed by atoms with Crippen molar-refractivity contribution in [3.05, 3.63) is 33.9 Å². The fourth-order valence-electron chi connectivity index (χ4n) is 4.43. The number of benzene rings is 1. The van der Waals surface area contributed by atoms with Crippen LogP contribution >= 0.6 is 0 Å². The molecule has 7 nitrogen and oxygen atoms in total. The number of Topliss-reactive ketones (excluding diaryl/α,β-unsaturated/α-hetero) is 2. The van der Waals surface area contributed by atoms with Crippen LogP contribution in [0.25, 0.3) is 5.76 Å². The molecule has 1 aliphatic carbocycles. The molecule has 4 rings (SSSR count). The summed E-state index contributed by atoms with van der Waals surface area (Å²) in [7, 11) is -3.56. The number of carbonyl (C=O) groups is 2. The number of rotatable bonds is 1. The molecule has 29 heavy (non-hydrogen) atoms. The molecule has 1 saturated heterocycles. The summed E-state index contributed by atoms with van der Waals surface area (Å²) < 4.78 is 37.2. The van der Waals surface area contributed by atoms with Crippen LogP contribution in [0.3, 0.4) is 0 Å². The van der Waals surface area contributed by atoms with Crippen molar-refractivity contribution in [3.63, 3.8) is 0 Å². The molecule has 0 bridgehead atoms. The van der Waals surface area contributed by atoms with Gasteiger partial charge in [0.2, 0.25) is 0 Å². The van der Waals surface area contributed by atoms with Gasteiger partial charge in [0.1, 0.15) is 0 Å². The van der Waals surface area contributed by atoms with Crippen LogP contribution in [0.2, 0.25) is 0 Å². The van der Waals surface area contributed by atoms with Crippen molar-refractivity contribution in [2.24, 2.45) is 0 Å². The van der Waals surface area contributed by atoms with Crippen molar-refractivity contribution in [1.29, 1.82) is 0 Å². The summed E-state index contributed by atoms with van der Waals surface area (Å²) in [4.78, 5) is 24.6. The Bertz CT molecular complexity index is 1020. The van der Waals surface area contributed by atoms with Crippen LogP contribution in [-0.4, -0.2) is 39.0 Å². The summed E-state index contributed by atoms with van der Waals surface area (Å²) in [6.07, 6.45) is 0.912. The summed E-state index contributed by atoms with van der Waals surface area (Å²) in [6, 6.07) is 1.46. The van der Waals surface area contributed by atoms with Crippen LogP contribution in [-0.2, 0) is 34.7 Å². The van der Waals surface area contributed by atoms with Crippen LogP contribution in [0.5, 0.6) is 0 Å². The molecular weight excluding hydrogens is 423 g/mol. The van der Waals surface area contributed by atoms with Gasteiger partial charge in [-0.3, -0.25) is 9.59 Å². The van der Waals surface area contributed by atoms with Crippen molar-refractivity contribution >= 4 is 27.2 Å². The maximum atomic E-state index is 13.1. The van der Waals surface area contributed by atoms with Crippen molar-refractivity contribution in [2.45, 2.75) is 50.2 Å². The number of ketones is 2. The molecule has 2 fully saturated rings. The monoisotopic (exact) mass is 444 g/mol. The third-order valence-electron chi connectivity index (χ3n) is 5.71. The fourth-order valence-corrected chi connectivity index (χ4v) is 6.34. The van der Waals surface area contributed by atoms with Gasteiger partial charge in [0, 0.05) is 24.8 Å². The number of allylic oxidation sites excluding steroid dienone is 1. The summed E-state index contributed by atoms with van der Waals surface area (Å²) >= 11 is 0. The zero-order valence-electron chi connectivity index (χ0n) is 16.8. The maximum absolute atomic E-state index is 13.1. The molecular formula is C20H21KO7S. The fraction of sp³-hybridized carbons (Fsp3) is 0.500. The molecule has 3 aliphatic rings. The first kappa shape index (κ1) is 23.3. The van der Waals surface area contributed by atoms with Gasteiger partial charge in [-0.2, -0.15) is 0 Å². The Morgan fingerprint density at radius 3 is 2.28 bits per heavy atom. The molecule has 1 aromatic carbocycles. The van der Waals surface area contributed by atoms with Crippen LogP contribution in [0, 0.1) is 13.8 Å². The van der Waals surface area contributed by atoms with Crippen molar-refractivity contribution < 1.29 is 84.0 Å². The van der Waals surface area contributed by atoms with Crippen molar-refractivity contribution in [1.82, 2.24) is 0 Å². The second kappa shape index (κ2) is 8.27. The van der Waals surface area contributed by atoms with Gasteiger partial charge in [-0.05, 0) is 37.0 Å². The van der Waals surface area contributed by atoms with E-state index in [2.05, 4.69) is 0 Å². The molecule has 1 saturated carbocycles. The summed E-state index contributed by atoms with van der Waals surface area (Å²) in [6.45, 7) is 3.88. The van der Waals surface area contributed by atoms with Crippen molar-refractivity contribution in [2.75, 3.05) is 19.0 Å². The summed E-state index contributed by atoms with van der Waals surface area (Å²) in [5, 5.41) is 13.1. The first-order valence-electron chi connectivity index (χ1n) is 9.31. The molecule has 0 unspecified atom stereocenters. The average molecular weight is 445 g/mol. The van der Waals surface area contributed by atoms with E-state index < -0.39 is 33.0 Å². The Labute approximate surface area is 212 Å². The third-order valence-corrected chi connectivity index (χ3v) is 7.60. The number of sulfone groups is 1. The Kier molecular flexibility index (Phi) is 6.64. The topological polar surface area (TPSA) is 110 Å². The standard InChI is InChI=1S/C20H22O7S.K/c1-11-10-13(18(23)16-14(21)4-3-5-15(16)22)12(2)17-19(11)28(24,25)9-6-20(17)26-7-8-27-20;/h10,23H,3-9H2,1-2H3;/q;+1/p-1. The zero-order valence-corrected chi connectivity index (χ0v) is 20.7. The number of aryl methyl sites for hydroxylation is 1. The number of fused-ring (bicyclic) bond motifs is 2. The van der Waals surface area contributed by atoms with Gasteiger partial charge in [-0.15, -0.1) is 0 Å². The van der Waals surface area contributed by atoms with E-state index in [4.69, 9.17) is 9.47 Å². The largest absolute Gasteiger partial charge is 1.00 e. The van der Waals surface area contributed by atoms with Crippen LogP contribution in [0.4, 0.5) is 0 Å². The number of ether oxygens (including phenoxy) is 2. The van der Waals surface area contributed by atoms with Gasteiger partial charge in [0.25, 0.3) is 0 Å². The molecule has 2 aliphatic heterocycles. The quantitative estimate of drug-likeness (QED) is 0.215. The zero-order chi connectivity index (χ0) is 20.3. The predicted molar refractivity (Wildman–Crippen MR) is 97.0 cm³/mol. The Morgan fingerprint density at radius 2 is 1.69 bits per heavy atom. The molecule has 1 spiro atoms. The predicted octanol–water partition coefficient (Wildman–Crippen LogP) is -1.92. The molecule has 9 heteroatoms. The Morgan fingerprint density at radius 1 is 1.10 bits per heavy atom. The number of hydrogen-bond donors (Lipinski definition) is 0. The first-order chi connectivity index (χ1) is 13.2. The first-order valence-corrected chi connectivity index (χ1v) is 11.0. The summed E-state index contributed by atoms with van der Waals surface area (Å²) in [5.41, 5.74) is 0.948. The molecule has 150 valence electrons. The van der Waals surface area contributed by atoms with E-state index in [1.165, 1.54) is 6.07 Å². The molecule has 0 N–H and O–H groups in total. The van der Waals surface area contributed by atoms with Gasteiger partial charge < -0.3 is 14.6 Å². The Balaban J connectivity index is 0.00000240. The van der Waals surface area contributed by atoms with Gasteiger partial charge in [0.15, 0.2) is 27.2 Å². The van der Waals surface area contributed by atoms with Gasteiger partial charge in [-0.25, -0.2) is 8.42 Å². The van der Waals surface area contributed by atoms with Gasteiger partial charge in [-0.1, -0.05) is 11.8 Å². The van der Waals surface area contributed by atoms with E-state index >= 15 is 0 Å². The second-order valence-electron chi connectivity index (χ2n) is 7.49. The van der Waals surface area contributed by atoms with Crippen LogP contribution in [0.15, 0.2) is 16.5 Å². The Hall–Kier alpha value is -0.394. The number of carbonyl (C=O) groups excluding carboxylic acids is 2. The minimum Gasteiger partial charge on any atom is -0.871 e. The molecule has 1 aromatic rings. The van der Waals surface area contributed by atoms with Gasteiger partial charge >= 0.3 is 51.4 Å². The van der Waals surface area contributed by atoms with Crippen molar-refractivity contribution in [3.8, 4) is 0 Å². The van der Waals surface area contributed by atoms with E-state index in [0.29, 0.717) is 36.3 Å². The van der Waals surface area contributed by atoms with E-state index in [0.717, 1.165) is 0 Å². The van der Waals surface area contributed by atoms with Crippen LogP contribution < -0.4 is 56.5 Å².